The first-order valence-corrected chi connectivity index (χ1v) is 8.12. The van der Waals surface area contributed by atoms with Crippen molar-refractivity contribution in [3.63, 3.8) is 0 Å². The van der Waals surface area contributed by atoms with E-state index in [0.717, 1.165) is 23.7 Å². The topological polar surface area (TPSA) is 47.3 Å². The summed E-state index contributed by atoms with van der Waals surface area (Å²) < 4.78 is 6.13. The summed E-state index contributed by atoms with van der Waals surface area (Å²) in [5.74, 6) is 0.837. The molecule has 0 heterocycles. The predicted molar refractivity (Wildman–Crippen MR) is 85.2 cm³/mol. The van der Waals surface area contributed by atoms with Crippen molar-refractivity contribution in [2.75, 3.05) is 23.9 Å². The second kappa shape index (κ2) is 5.95. The molecule has 3 nitrogen and oxygen atoms in total. The molecule has 106 valence electrons. The van der Waals surface area contributed by atoms with E-state index >= 15 is 0 Å². The van der Waals surface area contributed by atoms with Gasteiger partial charge in [0.15, 0.2) is 0 Å². The number of benzene rings is 1. The van der Waals surface area contributed by atoms with Crippen molar-refractivity contribution >= 4 is 23.1 Å². The van der Waals surface area contributed by atoms with Crippen LogP contribution in [0.2, 0.25) is 0 Å². The number of hydrogen-bond acceptors (Lipinski definition) is 4. The fourth-order valence-electron chi connectivity index (χ4n) is 2.35. The number of thioether (sulfide) groups is 1. The maximum absolute atomic E-state index is 5.93. The largest absolute Gasteiger partial charge is 0.491 e. The van der Waals surface area contributed by atoms with Gasteiger partial charge in [-0.05, 0) is 39.0 Å². The van der Waals surface area contributed by atoms with Gasteiger partial charge >= 0.3 is 0 Å². The van der Waals surface area contributed by atoms with E-state index in [1.165, 1.54) is 19.3 Å². The van der Waals surface area contributed by atoms with E-state index in [2.05, 4.69) is 11.6 Å². The van der Waals surface area contributed by atoms with Crippen LogP contribution in [-0.4, -0.2) is 23.7 Å². The Labute approximate surface area is 120 Å². The van der Waals surface area contributed by atoms with Crippen molar-refractivity contribution in [2.45, 2.75) is 44.0 Å². The number of ether oxygens (including phenoxy) is 1. The number of nitrogens with one attached hydrogen (secondary N) is 1. The van der Waals surface area contributed by atoms with Crippen LogP contribution >= 0.6 is 11.8 Å². The van der Waals surface area contributed by atoms with Gasteiger partial charge in [-0.25, -0.2) is 0 Å². The smallest absolute Gasteiger partial charge is 0.123 e. The van der Waals surface area contributed by atoms with E-state index in [4.69, 9.17) is 10.5 Å². The first-order valence-electron chi connectivity index (χ1n) is 6.89. The maximum atomic E-state index is 5.93. The Bertz CT molecular complexity index is 425. The molecule has 0 saturated heterocycles. The predicted octanol–water partition coefficient (Wildman–Crippen LogP) is 3.75. The average Bonchev–Trinajstić information content (AvgIpc) is 2.26. The molecule has 1 aliphatic carbocycles. The van der Waals surface area contributed by atoms with Crippen molar-refractivity contribution in [3.05, 3.63) is 18.2 Å². The minimum atomic E-state index is 0.166. The van der Waals surface area contributed by atoms with Gasteiger partial charge in [-0.2, -0.15) is 11.8 Å². The minimum absolute atomic E-state index is 0.166. The molecule has 0 atom stereocenters. The Morgan fingerprint density at radius 1 is 1.37 bits per heavy atom. The number of anilines is 2. The van der Waals surface area contributed by atoms with E-state index in [1.54, 1.807) is 0 Å². The van der Waals surface area contributed by atoms with Crippen molar-refractivity contribution in [1.82, 2.24) is 0 Å². The third-order valence-electron chi connectivity index (χ3n) is 3.61. The van der Waals surface area contributed by atoms with Crippen molar-refractivity contribution in [1.29, 1.82) is 0 Å². The molecular weight excluding hydrogens is 256 g/mol. The van der Waals surface area contributed by atoms with Crippen LogP contribution in [0.15, 0.2) is 18.2 Å². The van der Waals surface area contributed by atoms with Crippen molar-refractivity contribution in [3.8, 4) is 5.75 Å². The standard InChI is InChI=1S/C15H24N2OS/c1-11(2)18-14-8-12(16)7-13(9-14)17-10-15(19-3)5-4-6-15/h7-9,11,17H,4-6,10,16H2,1-3H3. The van der Waals surface area contributed by atoms with Gasteiger partial charge in [-0.1, -0.05) is 6.42 Å². The van der Waals surface area contributed by atoms with Gasteiger partial charge in [0.1, 0.15) is 5.75 Å². The Hall–Kier alpha value is -1.03. The zero-order valence-electron chi connectivity index (χ0n) is 12.0. The molecule has 1 aromatic carbocycles. The van der Waals surface area contributed by atoms with Gasteiger partial charge in [-0.15, -0.1) is 0 Å². The molecular formula is C15H24N2OS. The molecule has 1 saturated carbocycles. The van der Waals surface area contributed by atoms with Crippen LogP contribution in [0.4, 0.5) is 11.4 Å². The normalized spacial score (nSPS) is 17.1. The number of rotatable bonds is 6. The maximum Gasteiger partial charge on any atom is 0.123 e. The number of nitrogen functional groups attached to an aromatic ring is 1. The Kier molecular flexibility index (Phi) is 4.50. The molecule has 1 aromatic rings. The highest BCUT2D eigenvalue weighted by Crippen LogP contribution is 2.42. The lowest BCUT2D eigenvalue weighted by Crippen LogP contribution is -2.40. The van der Waals surface area contributed by atoms with Gasteiger partial charge in [0.05, 0.1) is 6.10 Å². The third kappa shape index (κ3) is 3.72. The highest BCUT2D eigenvalue weighted by atomic mass is 32.2. The molecule has 19 heavy (non-hydrogen) atoms. The Balaban J connectivity index is 2.01. The lowest BCUT2D eigenvalue weighted by molar-refractivity contribution is 0.242. The van der Waals surface area contributed by atoms with Crippen LogP contribution in [0.3, 0.4) is 0 Å². The Morgan fingerprint density at radius 3 is 2.63 bits per heavy atom. The van der Waals surface area contributed by atoms with E-state index in [-0.39, 0.29) is 6.10 Å². The molecule has 0 spiro atoms. The molecule has 3 N–H and O–H groups in total. The van der Waals surface area contributed by atoms with Crippen LogP contribution in [0.1, 0.15) is 33.1 Å². The van der Waals surface area contributed by atoms with Gasteiger partial charge < -0.3 is 15.8 Å². The zero-order chi connectivity index (χ0) is 13.9. The molecule has 2 rings (SSSR count). The van der Waals surface area contributed by atoms with Crippen LogP contribution in [0.25, 0.3) is 0 Å². The minimum Gasteiger partial charge on any atom is -0.491 e. The summed E-state index contributed by atoms with van der Waals surface area (Å²) in [5.41, 5.74) is 7.72. The molecule has 0 aliphatic heterocycles. The van der Waals surface area contributed by atoms with Crippen molar-refractivity contribution < 1.29 is 4.74 Å². The lowest BCUT2D eigenvalue weighted by Gasteiger charge is -2.40. The molecule has 0 radical (unpaired) electrons. The summed E-state index contributed by atoms with van der Waals surface area (Å²) in [7, 11) is 0. The molecule has 0 bridgehead atoms. The summed E-state index contributed by atoms with van der Waals surface area (Å²) in [6.07, 6.45) is 6.32. The number of nitrogens with two attached hydrogens (primary N) is 1. The molecule has 1 aliphatic rings. The van der Waals surface area contributed by atoms with Crippen LogP contribution in [-0.2, 0) is 0 Å². The average molecular weight is 280 g/mol. The fourth-order valence-corrected chi connectivity index (χ4v) is 3.27. The first-order chi connectivity index (χ1) is 9.03. The third-order valence-corrected chi connectivity index (χ3v) is 5.03. The van der Waals surface area contributed by atoms with E-state index < -0.39 is 0 Å². The molecule has 1 fully saturated rings. The van der Waals surface area contributed by atoms with Crippen molar-refractivity contribution in [2.24, 2.45) is 0 Å². The van der Waals surface area contributed by atoms with E-state index in [9.17, 15) is 0 Å². The second-order valence-corrected chi connectivity index (χ2v) is 6.83. The van der Waals surface area contributed by atoms with Crippen LogP contribution < -0.4 is 15.8 Å². The van der Waals surface area contributed by atoms with Crippen LogP contribution in [0.5, 0.6) is 5.75 Å². The van der Waals surface area contributed by atoms with Gasteiger partial charge in [0.2, 0.25) is 0 Å². The summed E-state index contributed by atoms with van der Waals surface area (Å²) in [6.45, 7) is 5.04. The fraction of sp³-hybridized carbons (Fsp3) is 0.600. The van der Waals surface area contributed by atoms with E-state index in [1.807, 2.05) is 43.8 Å². The molecule has 4 heteroatoms. The summed E-state index contributed by atoms with van der Waals surface area (Å²) >= 11 is 1.97. The molecule has 0 unspecified atom stereocenters. The molecule has 0 aromatic heterocycles. The summed E-state index contributed by atoms with van der Waals surface area (Å²) in [6, 6.07) is 5.88. The number of hydrogen-bond donors (Lipinski definition) is 2. The zero-order valence-corrected chi connectivity index (χ0v) is 12.8. The monoisotopic (exact) mass is 280 g/mol. The van der Waals surface area contributed by atoms with Gasteiger partial charge in [0, 0.05) is 34.8 Å². The van der Waals surface area contributed by atoms with E-state index in [0.29, 0.717) is 4.75 Å². The second-order valence-electron chi connectivity index (χ2n) is 5.55. The lowest BCUT2D eigenvalue weighted by atomic mass is 9.84. The molecule has 0 amide bonds. The SMILES string of the molecule is CSC1(CNc2cc(N)cc(OC(C)C)c2)CCC1. The highest BCUT2D eigenvalue weighted by Gasteiger charge is 2.35. The Morgan fingerprint density at radius 2 is 2.11 bits per heavy atom. The highest BCUT2D eigenvalue weighted by molar-refractivity contribution is 8.00. The summed E-state index contributed by atoms with van der Waals surface area (Å²) in [5, 5.41) is 3.51. The van der Waals surface area contributed by atoms with Gasteiger partial charge in [0.25, 0.3) is 0 Å². The summed E-state index contributed by atoms with van der Waals surface area (Å²) in [4.78, 5) is 0. The van der Waals surface area contributed by atoms with Crippen LogP contribution in [0, 0.1) is 0 Å². The quantitative estimate of drug-likeness (QED) is 0.779. The first kappa shape index (κ1) is 14.4. The van der Waals surface area contributed by atoms with Gasteiger partial charge in [-0.3, -0.25) is 0 Å².